The topological polar surface area (TPSA) is 75.2 Å². The molecule has 1 atom stereocenters. The van der Waals surface area contributed by atoms with Gasteiger partial charge in [-0.1, -0.05) is 48.4 Å². The standard InChI is InChI=1S/C18H21ClN4O2S/c1-2-3-8-23-11-13(10-16(23)24)17(25)20-18-22-21-15(26-18)9-12-4-6-14(19)7-5-12/h4-7,13H,2-3,8-11H2,1H3,(H,20,22,25)/t13-/m1/s1. The first-order valence-corrected chi connectivity index (χ1v) is 9.90. The van der Waals surface area contributed by atoms with Crippen LogP contribution in [0.15, 0.2) is 24.3 Å². The van der Waals surface area contributed by atoms with Crippen molar-refractivity contribution in [1.29, 1.82) is 0 Å². The van der Waals surface area contributed by atoms with Crippen LogP contribution in [-0.2, 0) is 16.0 Å². The van der Waals surface area contributed by atoms with Gasteiger partial charge < -0.3 is 10.2 Å². The molecule has 6 nitrogen and oxygen atoms in total. The number of nitrogens with one attached hydrogen (secondary N) is 1. The van der Waals surface area contributed by atoms with E-state index < -0.39 is 0 Å². The van der Waals surface area contributed by atoms with Gasteiger partial charge in [-0.25, -0.2) is 0 Å². The quantitative estimate of drug-likeness (QED) is 0.783. The highest BCUT2D eigenvalue weighted by Crippen LogP contribution is 2.23. The molecular formula is C18H21ClN4O2S. The van der Waals surface area contributed by atoms with Crippen LogP contribution in [0.4, 0.5) is 5.13 Å². The second-order valence-electron chi connectivity index (χ2n) is 6.39. The summed E-state index contributed by atoms with van der Waals surface area (Å²) < 4.78 is 0. The smallest absolute Gasteiger partial charge is 0.231 e. The first-order chi connectivity index (χ1) is 12.5. The first-order valence-electron chi connectivity index (χ1n) is 8.70. The summed E-state index contributed by atoms with van der Waals surface area (Å²) in [5.41, 5.74) is 1.08. The predicted octanol–water partition coefficient (Wildman–Crippen LogP) is 3.37. The molecule has 0 saturated carbocycles. The van der Waals surface area contributed by atoms with Crippen LogP contribution in [0.2, 0.25) is 5.02 Å². The first kappa shape index (κ1) is 18.8. The second-order valence-corrected chi connectivity index (χ2v) is 7.89. The molecule has 1 aromatic carbocycles. The summed E-state index contributed by atoms with van der Waals surface area (Å²) in [5.74, 6) is -0.422. The van der Waals surface area contributed by atoms with E-state index in [1.165, 1.54) is 11.3 Å². The molecule has 1 N–H and O–H groups in total. The van der Waals surface area contributed by atoms with Gasteiger partial charge >= 0.3 is 0 Å². The zero-order chi connectivity index (χ0) is 18.5. The van der Waals surface area contributed by atoms with Crippen LogP contribution in [-0.4, -0.2) is 40.0 Å². The molecule has 0 spiro atoms. The highest BCUT2D eigenvalue weighted by molar-refractivity contribution is 7.15. The summed E-state index contributed by atoms with van der Waals surface area (Å²) in [7, 11) is 0. The zero-order valence-electron chi connectivity index (χ0n) is 14.6. The van der Waals surface area contributed by atoms with E-state index in [-0.39, 0.29) is 24.2 Å². The summed E-state index contributed by atoms with van der Waals surface area (Å²) in [6.45, 7) is 3.30. The normalized spacial score (nSPS) is 16.9. The van der Waals surface area contributed by atoms with Crippen molar-refractivity contribution in [2.24, 2.45) is 5.92 Å². The largest absolute Gasteiger partial charge is 0.342 e. The van der Waals surface area contributed by atoms with E-state index in [4.69, 9.17) is 11.6 Å². The van der Waals surface area contributed by atoms with Crippen LogP contribution in [0.5, 0.6) is 0 Å². The summed E-state index contributed by atoms with van der Waals surface area (Å²) >= 11 is 7.24. The maximum Gasteiger partial charge on any atom is 0.231 e. The number of nitrogens with zero attached hydrogens (tertiary/aromatic N) is 3. The molecule has 1 aromatic heterocycles. The van der Waals surface area contributed by atoms with Gasteiger partial charge in [-0.2, -0.15) is 0 Å². The van der Waals surface area contributed by atoms with E-state index in [9.17, 15) is 9.59 Å². The van der Waals surface area contributed by atoms with E-state index in [2.05, 4.69) is 22.4 Å². The van der Waals surface area contributed by atoms with Gasteiger partial charge in [0.15, 0.2) is 0 Å². The molecule has 1 aliphatic heterocycles. The Balaban J connectivity index is 1.54. The molecular weight excluding hydrogens is 372 g/mol. The van der Waals surface area contributed by atoms with Crippen LogP contribution >= 0.6 is 22.9 Å². The van der Waals surface area contributed by atoms with E-state index in [1.54, 1.807) is 4.90 Å². The van der Waals surface area contributed by atoms with Gasteiger partial charge in [-0.3, -0.25) is 9.59 Å². The maximum atomic E-state index is 12.4. The van der Waals surface area contributed by atoms with Crippen molar-refractivity contribution in [1.82, 2.24) is 15.1 Å². The number of amides is 2. The summed E-state index contributed by atoms with van der Waals surface area (Å²) in [4.78, 5) is 26.2. The van der Waals surface area contributed by atoms with Crippen molar-refractivity contribution in [3.8, 4) is 0 Å². The molecule has 1 fully saturated rings. The molecule has 2 aromatic rings. The molecule has 0 aliphatic carbocycles. The third-order valence-corrected chi connectivity index (χ3v) is 5.42. The molecule has 8 heteroatoms. The number of benzene rings is 1. The molecule has 1 aliphatic rings. The number of rotatable bonds is 7. The molecule has 2 heterocycles. The third-order valence-electron chi connectivity index (χ3n) is 4.33. The summed E-state index contributed by atoms with van der Waals surface area (Å²) in [5, 5.41) is 12.9. The van der Waals surface area contributed by atoms with E-state index in [1.807, 2.05) is 24.3 Å². The zero-order valence-corrected chi connectivity index (χ0v) is 16.1. The minimum Gasteiger partial charge on any atom is -0.342 e. The van der Waals surface area contributed by atoms with Crippen LogP contribution in [0.25, 0.3) is 0 Å². The highest BCUT2D eigenvalue weighted by atomic mass is 35.5. The van der Waals surface area contributed by atoms with Crippen molar-refractivity contribution in [2.75, 3.05) is 18.4 Å². The van der Waals surface area contributed by atoms with Gasteiger partial charge in [0, 0.05) is 31.0 Å². The molecule has 1 saturated heterocycles. The van der Waals surface area contributed by atoms with Crippen LogP contribution in [0, 0.1) is 5.92 Å². The number of anilines is 1. The Labute approximate surface area is 161 Å². The average Bonchev–Trinajstić information content (AvgIpc) is 3.21. The van der Waals surface area contributed by atoms with Crippen LogP contribution < -0.4 is 5.32 Å². The molecule has 138 valence electrons. The highest BCUT2D eigenvalue weighted by Gasteiger charge is 2.34. The Morgan fingerprint density at radius 1 is 1.35 bits per heavy atom. The monoisotopic (exact) mass is 392 g/mol. The fourth-order valence-corrected chi connectivity index (χ4v) is 3.78. The number of carbonyl (C=O) groups excluding carboxylic acids is 2. The molecule has 0 bridgehead atoms. The predicted molar refractivity (Wildman–Crippen MR) is 102 cm³/mol. The summed E-state index contributed by atoms with van der Waals surface area (Å²) in [6.07, 6.45) is 2.90. The third kappa shape index (κ3) is 4.80. The Morgan fingerprint density at radius 2 is 2.12 bits per heavy atom. The van der Waals surface area contributed by atoms with Crippen molar-refractivity contribution in [3.05, 3.63) is 39.9 Å². The molecule has 2 amide bonds. The average molecular weight is 393 g/mol. The van der Waals surface area contributed by atoms with E-state index in [0.29, 0.717) is 23.1 Å². The fraction of sp³-hybridized carbons (Fsp3) is 0.444. The number of halogens is 1. The number of carbonyl (C=O) groups is 2. The second kappa shape index (κ2) is 8.60. The fourth-order valence-electron chi connectivity index (χ4n) is 2.87. The lowest BCUT2D eigenvalue weighted by Gasteiger charge is -2.15. The maximum absolute atomic E-state index is 12.4. The number of hydrogen-bond acceptors (Lipinski definition) is 5. The Hall–Kier alpha value is -1.99. The van der Waals surface area contributed by atoms with Gasteiger partial charge in [0.1, 0.15) is 5.01 Å². The lowest BCUT2D eigenvalue weighted by Crippen LogP contribution is -2.29. The van der Waals surface area contributed by atoms with Crippen molar-refractivity contribution >= 4 is 39.9 Å². The number of likely N-dealkylation sites (tertiary alicyclic amines) is 1. The number of hydrogen-bond donors (Lipinski definition) is 1. The Kier molecular flexibility index (Phi) is 6.21. The lowest BCUT2D eigenvalue weighted by atomic mass is 10.1. The SMILES string of the molecule is CCCCN1C[C@H](C(=O)Nc2nnc(Cc3ccc(Cl)cc3)s2)CC1=O. The minimum atomic E-state index is -0.317. The number of aromatic nitrogens is 2. The Bertz CT molecular complexity index is 778. The van der Waals surface area contributed by atoms with Gasteiger partial charge in [0.2, 0.25) is 16.9 Å². The van der Waals surface area contributed by atoms with E-state index >= 15 is 0 Å². The van der Waals surface area contributed by atoms with E-state index in [0.717, 1.165) is 30.0 Å². The molecule has 26 heavy (non-hydrogen) atoms. The number of unbranched alkanes of at least 4 members (excludes halogenated alkanes) is 1. The minimum absolute atomic E-state index is 0.0549. The van der Waals surface area contributed by atoms with Crippen molar-refractivity contribution in [3.63, 3.8) is 0 Å². The van der Waals surface area contributed by atoms with Gasteiger partial charge in [0.05, 0.1) is 5.92 Å². The Morgan fingerprint density at radius 3 is 2.85 bits per heavy atom. The molecule has 0 unspecified atom stereocenters. The van der Waals surface area contributed by atoms with Crippen LogP contribution in [0.3, 0.4) is 0 Å². The van der Waals surface area contributed by atoms with Crippen molar-refractivity contribution in [2.45, 2.75) is 32.6 Å². The molecule has 0 radical (unpaired) electrons. The van der Waals surface area contributed by atoms with Crippen molar-refractivity contribution < 1.29 is 9.59 Å². The summed E-state index contributed by atoms with van der Waals surface area (Å²) in [6, 6.07) is 7.55. The lowest BCUT2D eigenvalue weighted by molar-refractivity contribution is -0.128. The van der Waals surface area contributed by atoms with Gasteiger partial charge in [-0.15, -0.1) is 10.2 Å². The van der Waals surface area contributed by atoms with Gasteiger partial charge in [0.25, 0.3) is 0 Å². The molecule has 3 rings (SSSR count). The van der Waals surface area contributed by atoms with Gasteiger partial charge in [-0.05, 0) is 24.1 Å². The van der Waals surface area contributed by atoms with Crippen LogP contribution in [0.1, 0.15) is 36.8 Å².